The van der Waals surface area contributed by atoms with E-state index in [-0.39, 0.29) is 44.0 Å². The molecule has 14 heavy (non-hydrogen) atoms. The maximum Gasteiger partial charge on any atom is 0.281 e. The SMILES string of the molecule is [CH2-]c1c(N=O)cccc1C(=O)OC.[Y]. The third-order valence-electron chi connectivity index (χ3n) is 1.65. The minimum absolute atomic E-state index is 0. The standard InChI is InChI=1S/C9H8NO3.Y/c1-6-7(9(11)13-2)4-3-5-8(6)10-12;/h3-5H,1H2,2H3;/q-1;. The predicted octanol–water partition coefficient (Wildman–Crippen LogP) is 2.05. The first kappa shape index (κ1) is 13.3. The number of benzene rings is 1. The van der Waals surface area contributed by atoms with E-state index in [0.29, 0.717) is 5.56 Å². The second kappa shape index (κ2) is 5.88. The van der Waals surface area contributed by atoms with E-state index in [2.05, 4.69) is 16.8 Å². The van der Waals surface area contributed by atoms with Crippen LogP contribution in [-0.4, -0.2) is 13.1 Å². The number of carbonyl (C=O) groups excluding carboxylic acids is 1. The summed E-state index contributed by atoms with van der Waals surface area (Å²) >= 11 is 0. The van der Waals surface area contributed by atoms with Crippen LogP contribution < -0.4 is 0 Å². The minimum atomic E-state index is -0.518. The molecule has 0 fully saturated rings. The van der Waals surface area contributed by atoms with E-state index in [1.165, 1.54) is 19.2 Å². The summed E-state index contributed by atoms with van der Waals surface area (Å²) in [4.78, 5) is 21.3. The Hall–Kier alpha value is -0.736. The Morgan fingerprint density at radius 2 is 2.14 bits per heavy atom. The van der Waals surface area contributed by atoms with Gasteiger partial charge in [0.25, 0.3) is 5.97 Å². The van der Waals surface area contributed by atoms with E-state index >= 15 is 0 Å². The van der Waals surface area contributed by atoms with Gasteiger partial charge in [0.1, 0.15) is 0 Å². The van der Waals surface area contributed by atoms with Gasteiger partial charge in [-0.1, -0.05) is 17.3 Å². The number of carbonyl (C=O) groups is 1. The molecule has 0 amide bonds. The molecule has 0 heterocycles. The van der Waals surface area contributed by atoms with Crippen LogP contribution in [0.15, 0.2) is 23.4 Å². The summed E-state index contributed by atoms with van der Waals surface area (Å²) in [6, 6.07) is 4.57. The Balaban J connectivity index is 0.00000169. The van der Waals surface area contributed by atoms with Gasteiger partial charge in [0.2, 0.25) is 0 Å². The molecule has 0 saturated carbocycles. The first-order valence-corrected chi connectivity index (χ1v) is 3.57. The van der Waals surface area contributed by atoms with Gasteiger partial charge in [0.15, 0.2) is 0 Å². The Bertz CT molecular complexity index is 352. The van der Waals surface area contributed by atoms with Crippen molar-refractivity contribution in [3.8, 4) is 0 Å². The van der Waals surface area contributed by atoms with Crippen molar-refractivity contribution in [3.05, 3.63) is 41.2 Å². The number of nitrogens with zero attached hydrogens (tertiary/aromatic N) is 1. The van der Waals surface area contributed by atoms with Gasteiger partial charge in [0.05, 0.1) is 7.11 Å². The van der Waals surface area contributed by atoms with Crippen molar-refractivity contribution in [1.29, 1.82) is 0 Å². The third kappa shape index (κ3) is 2.62. The number of hydrogen-bond acceptors (Lipinski definition) is 4. The normalized spacial score (nSPS) is 8.64. The van der Waals surface area contributed by atoms with Crippen molar-refractivity contribution in [1.82, 2.24) is 0 Å². The molecule has 71 valence electrons. The summed E-state index contributed by atoms with van der Waals surface area (Å²) in [6.45, 7) is 3.57. The molecule has 0 bridgehead atoms. The van der Waals surface area contributed by atoms with Gasteiger partial charge in [-0.3, -0.25) is 4.79 Å². The van der Waals surface area contributed by atoms with Gasteiger partial charge < -0.3 is 4.74 Å². The van der Waals surface area contributed by atoms with Gasteiger partial charge in [-0.15, -0.1) is 6.07 Å². The van der Waals surface area contributed by atoms with Crippen molar-refractivity contribution in [2.45, 2.75) is 0 Å². The van der Waals surface area contributed by atoms with Crippen molar-refractivity contribution in [2.24, 2.45) is 5.18 Å². The molecule has 1 rings (SSSR count). The van der Waals surface area contributed by atoms with E-state index in [9.17, 15) is 9.70 Å². The molecule has 1 radical (unpaired) electrons. The van der Waals surface area contributed by atoms with Gasteiger partial charge in [0, 0.05) is 38.4 Å². The van der Waals surface area contributed by atoms with Crippen LogP contribution in [0.5, 0.6) is 0 Å². The molecule has 1 aromatic rings. The predicted molar refractivity (Wildman–Crippen MR) is 47.7 cm³/mol. The van der Waals surface area contributed by atoms with E-state index in [0.717, 1.165) is 0 Å². The summed E-state index contributed by atoms with van der Waals surface area (Å²) in [5, 5.41) is 2.73. The van der Waals surface area contributed by atoms with Crippen LogP contribution in [-0.2, 0) is 37.4 Å². The molecule has 0 aliphatic heterocycles. The van der Waals surface area contributed by atoms with E-state index in [1.807, 2.05) is 0 Å². The minimum Gasteiger partial charge on any atom is -0.475 e. The van der Waals surface area contributed by atoms with Gasteiger partial charge >= 0.3 is 0 Å². The monoisotopic (exact) mass is 267 g/mol. The van der Waals surface area contributed by atoms with Crippen molar-refractivity contribution in [2.75, 3.05) is 7.11 Å². The zero-order valence-electron chi connectivity index (χ0n) is 7.69. The molecular formula is C9H8NO3Y-. The van der Waals surface area contributed by atoms with Crippen molar-refractivity contribution < 1.29 is 42.2 Å². The zero-order valence-corrected chi connectivity index (χ0v) is 10.5. The van der Waals surface area contributed by atoms with Gasteiger partial charge in [-0.2, -0.15) is 17.4 Å². The Labute approximate surface area is 107 Å². The molecule has 0 N–H and O–H groups in total. The fourth-order valence-electron chi connectivity index (χ4n) is 0.961. The molecule has 0 saturated heterocycles. The number of ether oxygens (including phenoxy) is 1. The van der Waals surface area contributed by atoms with E-state index < -0.39 is 5.97 Å². The second-order valence-corrected chi connectivity index (χ2v) is 2.39. The molecule has 0 spiro atoms. The number of rotatable bonds is 2. The maximum atomic E-state index is 11.1. The summed E-state index contributed by atoms with van der Waals surface area (Å²) in [7, 11) is 1.27. The fraction of sp³-hybridized carbons (Fsp3) is 0.111. The fourth-order valence-corrected chi connectivity index (χ4v) is 0.961. The number of methoxy groups -OCH3 is 1. The molecule has 0 aliphatic carbocycles. The Kier molecular flexibility index (Phi) is 5.57. The van der Waals surface area contributed by atoms with Gasteiger partial charge in [-0.05, 0) is 5.56 Å². The van der Waals surface area contributed by atoms with Crippen molar-refractivity contribution in [3.63, 3.8) is 0 Å². The van der Waals surface area contributed by atoms with Crippen LogP contribution in [0.25, 0.3) is 0 Å². The maximum absolute atomic E-state index is 11.1. The molecule has 0 atom stereocenters. The summed E-state index contributed by atoms with van der Waals surface area (Å²) in [5.74, 6) is -0.518. The van der Waals surface area contributed by atoms with Crippen LogP contribution in [0.2, 0.25) is 0 Å². The van der Waals surface area contributed by atoms with Crippen LogP contribution in [0.3, 0.4) is 0 Å². The first-order chi connectivity index (χ1) is 6.20. The zero-order chi connectivity index (χ0) is 9.84. The van der Waals surface area contributed by atoms with Crippen LogP contribution >= 0.6 is 0 Å². The Morgan fingerprint density at radius 3 is 2.64 bits per heavy atom. The molecule has 0 aliphatic rings. The average Bonchev–Trinajstić information content (AvgIpc) is 2.17. The smallest absolute Gasteiger partial charge is 0.281 e. The Morgan fingerprint density at radius 1 is 1.50 bits per heavy atom. The number of hydrogen-bond donors (Lipinski definition) is 0. The van der Waals surface area contributed by atoms with Crippen molar-refractivity contribution >= 4 is 11.7 Å². The topological polar surface area (TPSA) is 55.7 Å². The second-order valence-electron chi connectivity index (χ2n) is 2.39. The largest absolute Gasteiger partial charge is 0.475 e. The van der Waals surface area contributed by atoms with Crippen LogP contribution in [0, 0.1) is 11.8 Å². The molecule has 5 heteroatoms. The summed E-state index contributed by atoms with van der Waals surface area (Å²) in [6.07, 6.45) is 0. The third-order valence-corrected chi connectivity index (χ3v) is 1.65. The summed E-state index contributed by atoms with van der Waals surface area (Å²) < 4.78 is 4.49. The molecule has 0 aromatic heterocycles. The van der Waals surface area contributed by atoms with Crippen LogP contribution in [0.4, 0.5) is 5.69 Å². The quantitative estimate of drug-likeness (QED) is 0.468. The number of nitroso groups, excluding NO2 is 1. The average molecular weight is 267 g/mol. The molecule has 4 nitrogen and oxygen atoms in total. The number of esters is 1. The van der Waals surface area contributed by atoms with E-state index in [1.54, 1.807) is 6.07 Å². The van der Waals surface area contributed by atoms with Gasteiger partial charge in [-0.25, -0.2) is 0 Å². The van der Waals surface area contributed by atoms with E-state index in [4.69, 9.17) is 0 Å². The molecule has 1 aromatic carbocycles. The first-order valence-electron chi connectivity index (χ1n) is 3.57. The summed E-state index contributed by atoms with van der Waals surface area (Å²) in [5.41, 5.74) is 0.715. The van der Waals surface area contributed by atoms with Crippen LogP contribution in [0.1, 0.15) is 15.9 Å². The molecule has 0 unspecified atom stereocenters. The molecular weight excluding hydrogens is 259 g/mol.